The second kappa shape index (κ2) is 4.68. The van der Waals surface area contributed by atoms with E-state index in [1.165, 1.54) is 17.9 Å². The summed E-state index contributed by atoms with van der Waals surface area (Å²) in [4.78, 5) is 35.3. The van der Waals surface area contributed by atoms with Crippen LogP contribution in [-0.2, 0) is 9.59 Å². The monoisotopic (exact) mass is 266 g/mol. The van der Waals surface area contributed by atoms with Crippen molar-refractivity contribution in [3.8, 4) is 0 Å². The molecule has 7 heteroatoms. The summed E-state index contributed by atoms with van der Waals surface area (Å²) in [7, 11) is 0. The number of imide groups is 1. The number of carbonyl (C=O) groups is 3. The molecule has 2 rings (SSSR count). The largest absolute Gasteiger partial charge is 0.478 e. The molecule has 1 aromatic rings. The van der Waals surface area contributed by atoms with Crippen LogP contribution in [0, 0.1) is 5.82 Å². The fourth-order valence-corrected chi connectivity index (χ4v) is 1.94. The van der Waals surface area contributed by atoms with Gasteiger partial charge in [0.15, 0.2) is 0 Å². The Hall–Kier alpha value is -2.44. The van der Waals surface area contributed by atoms with Gasteiger partial charge in [-0.2, -0.15) is 0 Å². The number of benzene rings is 1. The van der Waals surface area contributed by atoms with Crippen molar-refractivity contribution in [1.29, 1.82) is 0 Å². The molecule has 0 aromatic heterocycles. The number of carbonyl (C=O) groups excluding carboxylic acids is 2. The highest BCUT2D eigenvalue weighted by molar-refractivity contribution is 6.06. The first-order valence-electron chi connectivity index (χ1n) is 5.53. The Balaban J connectivity index is 2.48. The van der Waals surface area contributed by atoms with E-state index in [-0.39, 0.29) is 17.8 Å². The van der Waals surface area contributed by atoms with Gasteiger partial charge < -0.3 is 10.0 Å². The number of anilines is 1. The number of hydrogen-bond donors (Lipinski definition) is 2. The molecule has 0 aliphatic carbocycles. The lowest BCUT2D eigenvalue weighted by atomic mass is 10.1. The molecule has 1 heterocycles. The molecule has 0 spiro atoms. The van der Waals surface area contributed by atoms with Crippen LogP contribution in [0.25, 0.3) is 0 Å². The molecule has 1 unspecified atom stereocenters. The molecule has 1 aliphatic heterocycles. The van der Waals surface area contributed by atoms with Crippen LogP contribution in [0.5, 0.6) is 0 Å². The number of piperazine rings is 1. The average molecular weight is 266 g/mol. The lowest BCUT2D eigenvalue weighted by molar-refractivity contribution is -0.132. The third-order valence-electron chi connectivity index (χ3n) is 2.92. The van der Waals surface area contributed by atoms with Gasteiger partial charge in [-0.1, -0.05) is 0 Å². The Kier molecular flexibility index (Phi) is 3.20. The number of halogens is 1. The summed E-state index contributed by atoms with van der Waals surface area (Å²) in [5.74, 6) is -3.05. The minimum absolute atomic E-state index is 0.143. The summed E-state index contributed by atoms with van der Waals surface area (Å²) in [5, 5.41) is 11.2. The van der Waals surface area contributed by atoms with Crippen LogP contribution in [0.15, 0.2) is 18.2 Å². The van der Waals surface area contributed by atoms with Gasteiger partial charge in [-0.15, -0.1) is 0 Å². The summed E-state index contributed by atoms with van der Waals surface area (Å²) < 4.78 is 13.1. The van der Waals surface area contributed by atoms with Crippen molar-refractivity contribution in [1.82, 2.24) is 5.32 Å². The van der Waals surface area contributed by atoms with Crippen LogP contribution < -0.4 is 10.2 Å². The lowest BCUT2D eigenvalue weighted by Crippen LogP contribution is -2.57. The zero-order chi connectivity index (χ0) is 14.2. The van der Waals surface area contributed by atoms with Crippen molar-refractivity contribution in [2.45, 2.75) is 13.0 Å². The predicted octanol–water partition coefficient (Wildman–Crippen LogP) is 0.375. The minimum atomic E-state index is -1.32. The molecule has 1 atom stereocenters. The molecule has 1 aliphatic rings. The topological polar surface area (TPSA) is 86.7 Å². The van der Waals surface area contributed by atoms with Crippen molar-refractivity contribution < 1.29 is 23.9 Å². The smallest absolute Gasteiger partial charge is 0.337 e. The van der Waals surface area contributed by atoms with E-state index >= 15 is 0 Å². The van der Waals surface area contributed by atoms with Gasteiger partial charge in [0.2, 0.25) is 11.8 Å². The Morgan fingerprint density at radius 2 is 2.16 bits per heavy atom. The molecule has 19 heavy (non-hydrogen) atoms. The van der Waals surface area contributed by atoms with Gasteiger partial charge in [0, 0.05) is 0 Å². The van der Waals surface area contributed by atoms with E-state index in [0.29, 0.717) is 0 Å². The van der Waals surface area contributed by atoms with Gasteiger partial charge >= 0.3 is 5.97 Å². The highest BCUT2D eigenvalue weighted by Gasteiger charge is 2.32. The number of carboxylic acids is 1. The van der Waals surface area contributed by atoms with Gasteiger partial charge in [0.1, 0.15) is 11.9 Å². The maximum Gasteiger partial charge on any atom is 0.337 e. The zero-order valence-electron chi connectivity index (χ0n) is 10.0. The number of nitrogens with zero attached hydrogens (tertiary/aromatic N) is 1. The average Bonchev–Trinajstić information content (AvgIpc) is 2.34. The number of nitrogens with one attached hydrogen (secondary N) is 1. The molecule has 0 bridgehead atoms. The fraction of sp³-hybridized carbons (Fsp3) is 0.250. The molecular weight excluding hydrogens is 255 g/mol. The normalized spacial score (nSPS) is 19.3. The molecule has 0 radical (unpaired) electrons. The fourth-order valence-electron chi connectivity index (χ4n) is 1.94. The number of hydrogen-bond acceptors (Lipinski definition) is 4. The quantitative estimate of drug-likeness (QED) is 0.755. The molecular formula is C12H11FN2O4. The number of rotatable bonds is 2. The summed E-state index contributed by atoms with van der Waals surface area (Å²) in [6.45, 7) is 1.38. The van der Waals surface area contributed by atoms with Gasteiger partial charge in [0.25, 0.3) is 0 Å². The first-order chi connectivity index (χ1) is 8.90. The standard InChI is InChI=1S/C12H11FN2O4/c1-6-11(17)14-10(16)5-15(6)9-3-2-7(13)4-8(9)12(18)19/h2-4,6H,5H2,1H3,(H,18,19)(H,14,16,17). The number of carboxylic acid groups (broad SMARTS) is 1. The van der Waals surface area contributed by atoms with E-state index in [1.54, 1.807) is 0 Å². The second-order valence-corrected chi connectivity index (χ2v) is 4.18. The third kappa shape index (κ3) is 2.40. The van der Waals surface area contributed by atoms with Crippen molar-refractivity contribution >= 4 is 23.5 Å². The summed E-state index contributed by atoms with van der Waals surface area (Å²) in [5.41, 5.74) is -0.140. The second-order valence-electron chi connectivity index (χ2n) is 4.18. The first-order valence-corrected chi connectivity index (χ1v) is 5.53. The van der Waals surface area contributed by atoms with Crippen LogP contribution in [0.4, 0.5) is 10.1 Å². The van der Waals surface area contributed by atoms with Crippen molar-refractivity contribution in [3.63, 3.8) is 0 Å². The van der Waals surface area contributed by atoms with E-state index < -0.39 is 29.6 Å². The minimum Gasteiger partial charge on any atom is -0.478 e. The maximum absolute atomic E-state index is 13.1. The van der Waals surface area contributed by atoms with Gasteiger partial charge in [-0.25, -0.2) is 9.18 Å². The van der Waals surface area contributed by atoms with E-state index in [2.05, 4.69) is 5.32 Å². The highest BCUT2D eigenvalue weighted by Crippen LogP contribution is 2.25. The predicted molar refractivity (Wildman–Crippen MR) is 63.3 cm³/mol. The van der Waals surface area contributed by atoms with Crippen molar-refractivity contribution in [2.24, 2.45) is 0 Å². The third-order valence-corrected chi connectivity index (χ3v) is 2.92. The molecule has 1 fully saturated rings. The van der Waals surface area contributed by atoms with Crippen LogP contribution in [0.3, 0.4) is 0 Å². The molecule has 100 valence electrons. The number of amides is 2. The molecule has 1 aromatic carbocycles. The molecule has 1 saturated heterocycles. The Morgan fingerprint density at radius 3 is 2.79 bits per heavy atom. The highest BCUT2D eigenvalue weighted by atomic mass is 19.1. The molecule has 2 amide bonds. The number of aromatic carboxylic acids is 1. The SMILES string of the molecule is CC1C(=O)NC(=O)CN1c1ccc(F)cc1C(=O)O. The van der Waals surface area contributed by atoms with E-state index in [0.717, 1.165) is 12.1 Å². The lowest BCUT2D eigenvalue weighted by Gasteiger charge is -2.34. The molecule has 0 saturated carbocycles. The maximum atomic E-state index is 13.1. The van der Waals surface area contributed by atoms with Gasteiger partial charge in [-0.3, -0.25) is 14.9 Å². The van der Waals surface area contributed by atoms with Crippen LogP contribution in [0.2, 0.25) is 0 Å². The van der Waals surface area contributed by atoms with E-state index in [4.69, 9.17) is 5.11 Å². The van der Waals surface area contributed by atoms with Crippen molar-refractivity contribution in [3.05, 3.63) is 29.6 Å². The molecule has 6 nitrogen and oxygen atoms in total. The van der Waals surface area contributed by atoms with Crippen LogP contribution in [-0.4, -0.2) is 35.5 Å². The Bertz CT molecular complexity index is 573. The summed E-state index contributed by atoms with van der Waals surface area (Å²) in [6.07, 6.45) is 0. The van der Waals surface area contributed by atoms with Gasteiger partial charge in [0.05, 0.1) is 17.8 Å². The van der Waals surface area contributed by atoms with E-state index in [1.807, 2.05) is 0 Å². The van der Waals surface area contributed by atoms with E-state index in [9.17, 15) is 18.8 Å². The van der Waals surface area contributed by atoms with Crippen LogP contribution in [0.1, 0.15) is 17.3 Å². The first kappa shape index (κ1) is 13.0. The Morgan fingerprint density at radius 1 is 1.47 bits per heavy atom. The van der Waals surface area contributed by atoms with Crippen LogP contribution >= 0.6 is 0 Å². The van der Waals surface area contributed by atoms with Gasteiger partial charge in [-0.05, 0) is 25.1 Å². The van der Waals surface area contributed by atoms with Crippen molar-refractivity contribution in [2.75, 3.05) is 11.4 Å². The summed E-state index contributed by atoms with van der Waals surface area (Å²) >= 11 is 0. The molecule has 2 N–H and O–H groups in total. The Labute approximate surface area is 107 Å². The summed E-state index contributed by atoms with van der Waals surface area (Å²) in [6, 6.07) is 2.50. The zero-order valence-corrected chi connectivity index (χ0v) is 10.0.